The van der Waals surface area contributed by atoms with E-state index in [0.29, 0.717) is 32.4 Å². The van der Waals surface area contributed by atoms with Crippen LogP contribution in [-0.4, -0.2) is 33.0 Å². The molecule has 0 fully saturated rings. The van der Waals surface area contributed by atoms with Crippen LogP contribution in [0.5, 0.6) is 5.75 Å². The highest BCUT2D eigenvalue weighted by Gasteiger charge is 2.18. The van der Waals surface area contributed by atoms with Crippen molar-refractivity contribution >= 4 is 40.9 Å². The molecule has 3 rings (SSSR count). The number of carbonyl (C=O) groups is 1. The molecule has 30 heavy (non-hydrogen) atoms. The fourth-order valence-electron chi connectivity index (χ4n) is 2.64. The maximum Gasteiger partial charge on any atom is 0.251 e. The van der Waals surface area contributed by atoms with Crippen LogP contribution >= 0.6 is 35.0 Å². The number of hydrogen-bond acceptors (Lipinski definition) is 5. The maximum absolute atomic E-state index is 12.5. The summed E-state index contributed by atoms with van der Waals surface area (Å²) >= 11 is 13.9. The molecule has 0 aliphatic heterocycles. The third-order valence-corrected chi connectivity index (χ3v) is 6.45. The zero-order valence-corrected chi connectivity index (χ0v) is 19.2. The number of halogens is 2. The lowest BCUT2D eigenvalue weighted by atomic mass is 10.2. The summed E-state index contributed by atoms with van der Waals surface area (Å²) in [4.78, 5) is 12.5. The Morgan fingerprint density at radius 1 is 1.17 bits per heavy atom. The van der Waals surface area contributed by atoms with Gasteiger partial charge in [-0.2, -0.15) is 0 Å². The van der Waals surface area contributed by atoms with Gasteiger partial charge in [-0.15, -0.1) is 10.2 Å². The van der Waals surface area contributed by atoms with Crippen molar-refractivity contribution in [3.63, 3.8) is 0 Å². The molecule has 1 atom stereocenters. The summed E-state index contributed by atoms with van der Waals surface area (Å²) in [7, 11) is 1.58. The van der Waals surface area contributed by atoms with Crippen LogP contribution in [0, 0.1) is 0 Å². The Hall–Kier alpha value is -2.22. The first-order chi connectivity index (χ1) is 14.4. The van der Waals surface area contributed by atoms with Gasteiger partial charge in [0.05, 0.1) is 29.4 Å². The number of amides is 1. The lowest BCUT2D eigenvalue weighted by molar-refractivity contribution is 0.0949. The molecule has 1 unspecified atom stereocenters. The lowest BCUT2D eigenvalue weighted by Crippen LogP contribution is -2.24. The zero-order chi connectivity index (χ0) is 21.7. The van der Waals surface area contributed by atoms with Gasteiger partial charge in [0.25, 0.3) is 5.91 Å². The van der Waals surface area contributed by atoms with Crippen molar-refractivity contribution in [2.24, 2.45) is 0 Å². The smallest absolute Gasteiger partial charge is 0.251 e. The van der Waals surface area contributed by atoms with Gasteiger partial charge >= 0.3 is 0 Å². The van der Waals surface area contributed by atoms with E-state index in [0.717, 1.165) is 17.3 Å². The summed E-state index contributed by atoms with van der Waals surface area (Å²) in [6, 6.07) is 12.3. The van der Waals surface area contributed by atoms with Gasteiger partial charge in [-0.3, -0.25) is 9.36 Å². The quantitative estimate of drug-likeness (QED) is 0.451. The van der Waals surface area contributed by atoms with E-state index in [1.807, 2.05) is 10.6 Å². The van der Waals surface area contributed by atoms with E-state index in [2.05, 4.69) is 29.4 Å². The average molecular weight is 465 g/mol. The summed E-state index contributed by atoms with van der Waals surface area (Å²) in [6.07, 6.45) is 0.989. The Labute approximate surface area is 189 Å². The summed E-state index contributed by atoms with van der Waals surface area (Å²) in [5.74, 6) is 1.08. The molecule has 1 N–H and O–H groups in total. The van der Waals surface area contributed by atoms with E-state index in [-0.39, 0.29) is 12.5 Å². The second kappa shape index (κ2) is 10.2. The molecule has 2 aromatic carbocycles. The van der Waals surface area contributed by atoms with Crippen LogP contribution in [-0.2, 0) is 6.54 Å². The van der Waals surface area contributed by atoms with Crippen molar-refractivity contribution in [2.45, 2.75) is 37.2 Å². The number of thioether (sulfide) groups is 1. The van der Waals surface area contributed by atoms with Gasteiger partial charge in [0.15, 0.2) is 11.0 Å². The minimum Gasteiger partial charge on any atom is -0.497 e. The zero-order valence-electron chi connectivity index (χ0n) is 16.9. The van der Waals surface area contributed by atoms with E-state index in [1.165, 1.54) is 0 Å². The van der Waals surface area contributed by atoms with Crippen molar-refractivity contribution in [1.29, 1.82) is 0 Å². The predicted molar refractivity (Wildman–Crippen MR) is 121 cm³/mol. The molecule has 1 heterocycles. The molecule has 9 heteroatoms. The predicted octanol–water partition coefficient (Wildman–Crippen LogP) is 5.40. The molecule has 0 aliphatic rings. The number of methoxy groups -OCH3 is 1. The largest absolute Gasteiger partial charge is 0.497 e. The van der Waals surface area contributed by atoms with Gasteiger partial charge in [0, 0.05) is 10.8 Å². The topological polar surface area (TPSA) is 69.0 Å². The van der Waals surface area contributed by atoms with Gasteiger partial charge in [-0.05, 0) is 48.9 Å². The molecule has 1 amide bonds. The van der Waals surface area contributed by atoms with E-state index in [4.69, 9.17) is 27.9 Å². The standard InChI is InChI=1S/C21H22Cl2N4O2S/c1-4-13(2)30-21-26-25-19(27(21)15-7-10-17(22)18(23)11-15)12-24-20(28)14-5-8-16(29-3)9-6-14/h5-11,13H,4,12H2,1-3H3,(H,24,28). The van der Waals surface area contributed by atoms with Gasteiger partial charge < -0.3 is 10.1 Å². The summed E-state index contributed by atoms with van der Waals surface area (Å²) < 4.78 is 7.02. The van der Waals surface area contributed by atoms with Crippen molar-refractivity contribution in [3.05, 3.63) is 63.9 Å². The number of ether oxygens (including phenoxy) is 1. The number of hydrogen-bond donors (Lipinski definition) is 1. The molecule has 0 saturated carbocycles. The highest BCUT2D eigenvalue weighted by Crippen LogP contribution is 2.30. The summed E-state index contributed by atoms with van der Waals surface area (Å²) in [6.45, 7) is 4.45. The number of benzene rings is 2. The Morgan fingerprint density at radius 2 is 1.90 bits per heavy atom. The molecule has 0 bridgehead atoms. The summed E-state index contributed by atoms with van der Waals surface area (Å²) in [5.41, 5.74) is 1.32. The van der Waals surface area contributed by atoms with Crippen LogP contribution in [0.15, 0.2) is 47.6 Å². The van der Waals surface area contributed by atoms with Crippen LogP contribution in [0.25, 0.3) is 5.69 Å². The number of nitrogens with zero attached hydrogens (tertiary/aromatic N) is 3. The molecule has 3 aromatic rings. The van der Waals surface area contributed by atoms with Crippen molar-refractivity contribution in [3.8, 4) is 11.4 Å². The molecular formula is C21H22Cl2N4O2S. The number of rotatable bonds is 8. The average Bonchev–Trinajstić information content (AvgIpc) is 3.16. The highest BCUT2D eigenvalue weighted by molar-refractivity contribution is 7.99. The Morgan fingerprint density at radius 3 is 2.53 bits per heavy atom. The van der Waals surface area contributed by atoms with Crippen molar-refractivity contribution in [2.75, 3.05) is 7.11 Å². The fourth-order valence-corrected chi connectivity index (χ4v) is 3.86. The lowest BCUT2D eigenvalue weighted by Gasteiger charge is -2.13. The van der Waals surface area contributed by atoms with E-state index in [1.54, 1.807) is 55.3 Å². The van der Waals surface area contributed by atoms with Gasteiger partial charge in [-0.1, -0.05) is 48.8 Å². The molecule has 1 aromatic heterocycles. The molecule has 0 spiro atoms. The first-order valence-corrected chi connectivity index (χ1v) is 11.0. The van der Waals surface area contributed by atoms with Crippen molar-refractivity contribution < 1.29 is 9.53 Å². The van der Waals surface area contributed by atoms with Crippen LogP contribution in [0.1, 0.15) is 36.5 Å². The first kappa shape index (κ1) is 22.5. The fraction of sp³-hybridized carbons (Fsp3) is 0.286. The second-order valence-corrected chi connectivity index (χ2v) is 8.80. The first-order valence-electron chi connectivity index (χ1n) is 9.41. The third-order valence-electron chi connectivity index (χ3n) is 4.50. The monoisotopic (exact) mass is 464 g/mol. The Kier molecular flexibility index (Phi) is 7.64. The van der Waals surface area contributed by atoms with Crippen LogP contribution < -0.4 is 10.1 Å². The van der Waals surface area contributed by atoms with Crippen LogP contribution in [0.3, 0.4) is 0 Å². The molecule has 0 saturated heterocycles. The number of carbonyl (C=O) groups excluding carboxylic acids is 1. The van der Waals surface area contributed by atoms with E-state index in [9.17, 15) is 4.79 Å². The summed E-state index contributed by atoms with van der Waals surface area (Å²) in [5, 5.41) is 13.5. The van der Waals surface area contributed by atoms with E-state index < -0.39 is 0 Å². The van der Waals surface area contributed by atoms with Gasteiger partial charge in [0.2, 0.25) is 0 Å². The maximum atomic E-state index is 12.5. The molecule has 0 aliphatic carbocycles. The molecule has 0 radical (unpaired) electrons. The van der Waals surface area contributed by atoms with Gasteiger partial charge in [0.1, 0.15) is 5.75 Å². The van der Waals surface area contributed by atoms with Crippen molar-refractivity contribution in [1.82, 2.24) is 20.1 Å². The Balaban J connectivity index is 1.86. The minimum absolute atomic E-state index is 0.208. The highest BCUT2D eigenvalue weighted by atomic mass is 35.5. The number of aromatic nitrogens is 3. The van der Waals surface area contributed by atoms with E-state index >= 15 is 0 Å². The normalized spacial score (nSPS) is 11.9. The number of nitrogens with one attached hydrogen (secondary N) is 1. The Bertz CT molecular complexity index is 1020. The third kappa shape index (κ3) is 5.28. The molecule has 6 nitrogen and oxygen atoms in total. The SMILES string of the molecule is CCC(C)Sc1nnc(CNC(=O)c2ccc(OC)cc2)n1-c1ccc(Cl)c(Cl)c1. The minimum atomic E-state index is -0.211. The molecule has 158 valence electrons. The second-order valence-electron chi connectivity index (χ2n) is 6.58. The van der Waals surface area contributed by atoms with Crippen LogP contribution in [0.2, 0.25) is 10.0 Å². The molecular weight excluding hydrogens is 443 g/mol. The van der Waals surface area contributed by atoms with Gasteiger partial charge in [-0.25, -0.2) is 0 Å². The van der Waals surface area contributed by atoms with Crippen LogP contribution in [0.4, 0.5) is 0 Å².